The maximum absolute atomic E-state index is 11.0. The normalized spacial score (nSPS) is 10.8. The second kappa shape index (κ2) is 5.91. The Bertz CT molecular complexity index is 548. The van der Waals surface area contributed by atoms with Crippen LogP contribution in [-0.2, 0) is 17.6 Å². The molecule has 1 amide bonds. The summed E-state index contributed by atoms with van der Waals surface area (Å²) in [7, 11) is 0. The first kappa shape index (κ1) is 13.0. The third-order valence-electron chi connectivity index (χ3n) is 2.96. The van der Waals surface area contributed by atoms with Crippen LogP contribution >= 0.6 is 11.6 Å². The summed E-state index contributed by atoms with van der Waals surface area (Å²) < 4.78 is 5.49. The van der Waals surface area contributed by atoms with Crippen LogP contribution in [0.3, 0.4) is 0 Å². The van der Waals surface area contributed by atoms with E-state index in [4.69, 9.17) is 16.0 Å². The van der Waals surface area contributed by atoms with Gasteiger partial charge in [0.15, 0.2) is 0 Å². The van der Waals surface area contributed by atoms with Crippen LogP contribution < -0.4 is 5.32 Å². The molecule has 0 radical (unpaired) electrons. The molecule has 0 bridgehead atoms. The highest BCUT2D eigenvalue weighted by molar-refractivity contribution is 6.27. The highest BCUT2D eigenvalue weighted by atomic mass is 35.5. The van der Waals surface area contributed by atoms with Crippen LogP contribution in [-0.4, -0.2) is 18.3 Å². The number of hydrogen-bond acceptors (Lipinski definition) is 2. The Morgan fingerprint density at radius 2 is 2.28 bits per heavy atom. The summed E-state index contributed by atoms with van der Waals surface area (Å²) in [6, 6.07) is 6.22. The van der Waals surface area contributed by atoms with Crippen molar-refractivity contribution >= 4 is 28.5 Å². The Balaban J connectivity index is 2.10. The van der Waals surface area contributed by atoms with E-state index in [9.17, 15) is 4.79 Å². The average Bonchev–Trinajstić information content (AvgIpc) is 2.81. The number of halogens is 1. The molecule has 2 aromatic rings. The lowest BCUT2D eigenvalue weighted by atomic mass is 10.1. The number of benzene rings is 1. The Kier molecular flexibility index (Phi) is 4.26. The SMILES string of the molecule is CCc1ccc2occ(CCNC(=O)CCl)c2c1. The van der Waals surface area contributed by atoms with Crippen LogP contribution in [0.1, 0.15) is 18.1 Å². The monoisotopic (exact) mass is 265 g/mol. The first-order chi connectivity index (χ1) is 8.74. The average molecular weight is 266 g/mol. The molecule has 0 saturated carbocycles. The standard InChI is InChI=1S/C14H16ClNO2/c1-2-10-3-4-13-12(7-10)11(9-18-13)5-6-16-14(17)8-15/h3-4,7,9H,2,5-6,8H2,1H3,(H,16,17). The molecule has 0 atom stereocenters. The van der Waals surface area contributed by atoms with Crippen LogP contribution in [0.4, 0.5) is 0 Å². The van der Waals surface area contributed by atoms with Gasteiger partial charge in [-0.05, 0) is 36.1 Å². The van der Waals surface area contributed by atoms with Gasteiger partial charge >= 0.3 is 0 Å². The van der Waals surface area contributed by atoms with Gasteiger partial charge in [-0.25, -0.2) is 0 Å². The number of furan rings is 1. The second-order valence-corrected chi connectivity index (χ2v) is 4.45. The lowest BCUT2D eigenvalue weighted by Crippen LogP contribution is -2.26. The van der Waals surface area contributed by atoms with E-state index in [0.29, 0.717) is 6.54 Å². The topological polar surface area (TPSA) is 42.2 Å². The van der Waals surface area contributed by atoms with Gasteiger partial charge < -0.3 is 9.73 Å². The largest absolute Gasteiger partial charge is 0.464 e. The minimum absolute atomic E-state index is 0.00607. The molecule has 2 rings (SSSR count). The zero-order valence-corrected chi connectivity index (χ0v) is 11.1. The van der Waals surface area contributed by atoms with Crippen molar-refractivity contribution in [2.45, 2.75) is 19.8 Å². The van der Waals surface area contributed by atoms with Crippen LogP contribution in [0.5, 0.6) is 0 Å². The van der Waals surface area contributed by atoms with Gasteiger partial charge in [-0.3, -0.25) is 4.79 Å². The van der Waals surface area contributed by atoms with Crippen LogP contribution in [0.2, 0.25) is 0 Å². The predicted molar refractivity (Wildman–Crippen MR) is 73.0 cm³/mol. The molecule has 96 valence electrons. The molecule has 0 saturated heterocycles. The Morgan fingerprint density at radius 3 is 3.00 bits per heavy atom. The van der Waals surface area contributed by atoms with E-state index in [1.54, 1.807) is 6.26 Å². The summed E-state index contributed by atoms with van der Waals surface area (Å²) in [4.78, 5) is 11.0. The van der Waals surface area contributed by atoms with Gasteiger partial charge in [0, 0.05) is 11.9 Å². The minimum Gasteiger partial charge on any atom is -0.464 e. The number of aryl methyl sites for hydroxylation is 1. The van der Waals surface area contributed by atoms with Gasteiger partial charge in [0.05, 0.1) is 6.26 Å². The van der Waals surface area contributed by atoms with Crippen molar-refractivity contribution in [3.8, 4) is 0 Å². The molecule has 4 heteroatoms. The number of amides is 1. The van der Waals surface area contributed by atoms with E-state index in [2.05, 4.69) is 24.4 Å². The lowest BCUT2D eigenvalue weighted by Gasteiger charge is -2.02. The van der Waals surface area contributed by atoms with Crippen LogP contribution in [0, 0.1) is 0 Å². The molecule has 1 N–H and O–H groups in total. The molecule has 1 aromatic carbocycles. The molecule has 0 fully saturated rings. The molecule has 1 heterocycles. The van der Waals surface area contributed by atoms with Gasteiger partial charge in [0.25, 0.3) is 0 Å². The molecule has 0 aliphatic rings. The summed E-state index contributed by atoms with van der Waals surface area (Å²) in [5, 5.41) is 3.89. The quantitative estimate of drug-likeness (QED) is 0.845. The fourth-order valence-electron chi connectivity index (χ4n) is 1.93. The fourth-order valence-corrected chi connectivity index (χ4v) is 2.02. The molecule has 0 unspecified atom stereocenters. The Morgan fingerprint density at radius 1 is 1.44 bits per heavy atom. The molecular weight excluding hydrogens is 250 g/mol. The summed E-state index contributed by atoms with van der Waals surface area (Å²) in [6.07, 6.45) is 3.52. The van der Waals surface area contributed by atoms with Gasteiger partial charge in [-0.1, -0.05) is 13.0 Å². The third kappa shape index (κ3) is 2.85. The Labute approximate surface area is 111 Å². The molecular formula is C14H16ClNO2. The first-order valence-corrected chi connectivity index (χ1v) is 6.59. The van der Waals surface area contributed by atoms with Crippen molar-refractivity contribution in [1.29, 1.82) is 0 Å². The number of alkyl halides is 1. The van der Waals surface area contributed by atoms with E-state index in [1.165, 1.54) is 5.56 Å². The van der Waals surface area contributed by atoms with E-state index in [-0.39, 0.29) is 11.8 Å². The number of nitrogens with one attached hydrogen (secondary N) is 1. The maximum atomic E-state index is 11.0. The minimum atomic E-state index is -0.140. The summed E-state index contributed by atoms with van der Waals surface area (Å²) in [5.74, 6) is -0.134. The van der Waals surface area contributed by atoms with Gasteiger partial charge in [-0.15, -0.1) is 11.6 Å². The van der Waals surface area contributed by atoms with Crippen LogP contribution in [0.25, 0.3) is 11.0 Å². The zero-order valence-electron chi connectivity index (χ0n) is 10.3. The maximum Gasteiger partial charge on any atom is 0.234 e. The van der Waals surface area contributed by atoms with E-state index in [0.717, 1.165) is 29.4 Å². The summed E-state index contributed by atoms with van der Waals surface area (Å²) >= 11 is 5.42. The van der Waals surface area contributed by atoms with Crippen molar-refractivity contribution < 1.29 is 9.21 Å². The van der Waals surface area contributed by atoms with E-state index >= 15 is 0 Å². The van der Waals surface area contributed by atoms with Gasteiger partial charge in [0.1, 0.15) is 11.5 Å². The van der Waals surface area contributed by atoms with Gasteiger partial charge in [-0.2, -0.15) is 0 Å². The predicted octanol–water partition coefficient (Wildman–Crippen LogP) is 2.89. The number of carbonyl (C=O) groups excluding carboxylic acids is 1. The Hall–Kier alpha value is -1.48. The summed E-state index contributed by atoms with van der Waals surface area (Å²) in [5.41, 5.74) is 3.30. The van der Waals surface area contributed by atoms with Crippen molar-refractivity contribution in [2.24, 2.45) is 0 Å². The number of rotatable bonds is 5. The molecule has 3 nitrogen and oxygen atoms in total. The fraction of sp³-hybridized carbons (Fsp3) is 0.357. The van der Waals surface area contributed by atoms with Crippen LogP contribution in [0.15, 0.2) is 28.9 Å². The van der Waals surface area contributed by atoms with E-state index < -0.39 is 0 Å². The zero-order chi connectivity index (χ0) is 13.0. The van der Waals surface area contributed by atoms with Crippen molar-refractivity contribution in [3.05, 3.63) is 35.6 Å². The third-order valence-corrected chi connectivity index (χ3v) is 3.21. The second-order valence-electron chi connectivity index (χ2n) is 4.18. The molecule has 0 spiro atoms. The smallest absolute Gasteiger partial charge is 0.234 e. The molecule has 1 aromatic heterocycles. The molecule has 18 heavy (non-hydrogen) atoms. The first-order valence-electron chi connectivity index (χ1n) is 6.06. The highest BCUT2D eigenvalue weighted by Gasteiger charge is 2.07. The number of hydrogen-bond donors (Lipinski definition) is 1. The van der Waals surface area contributed by atoms with Crippen molar-refractivity contribution in [2.75, 3.05) is 12.4 Å². The van der Waals surface area contributed by atoms with Crippen molar-refractivity contribution in [1.82, 2.24) is 5.32 Å². The number of fused-ring (bicyclic) bond motifs is 1. The molecule has 0 aliphatic carbocycles. The summed E-state index contributed by atoms with van der Waals surface area (Å²) in [6.45, 7) is 2.71. The molecule has 0 aliphatic heterocycles. The van der Waals surface area contributed by atoms with E-state index in [1.807, 2.05) is 6.07 Å². The highest BCUT2D eigenvalue weighted by Crippen LogP contribution is 2.23. The van der Waals surface area contributed by atoms with Gasteiger partial charge in [0.2, 0.25) is 5.91 Å². The number of carbonyl (C=O) groups is 1. The van der Waals surface area contributed by atoms with Crippen molar-refractivity contribution in [3.63, 3.8) is 0 Å². The lowest BCUT2D eigenvalue weighted by molar-refractivity contribution is -0.118.